The summed E-state index contributed by atoms with van der Waals surface area (Å²) < 4.78 is 0. The zero-order chi connectivity index (χ0) is 11.4. The summed E-state index contributed by atoms with van der Waals surface area (Å²) in [4.78, 5) is 0. The van der Waals surface area contributed by atoms with Gasteiger partial charge in [-0.15, -0.1) is 0 Å². The van der Waals surface area contributed by atoms with Gasteiger partial charge in [0.15, 0.2) is 0 Å². The smallest absolute Gasteiger partial charge is 0.0453 e. The first-order chi connectivity index (χ1) is 7.75. The number of hydrogen-bond donors (Lipinski definition) is 1. The minimum absolute atomic E-state index is 0.856. The van der Waals surface area contributed by atoms with Crippen molar-refractivity contribution in [1.29, 1.82) is 0 Å². The summed E-state index contributed by atoms with van der Waals surface area (Å²) in [5, 5.41) is 4.39. The lowest BCUT2D eigenvalue weighted by Gasteiger charge is -2.11. The molecule has 0 bridgehead atoms. The fourth-order valence-electron chi connectivity index (χ4n) is 1.95. The molecule has 1 heterocycles. The van der Waals surface area contributed by atoms with Crippen LogP contribution >= 0.6 is 23.4 Å². The van der Waals surface area contributed by atoms with Crippen LogP contribution in [0.25, 0.3) is 0 Å². The number of halogens is 1. The number of benzene rings is 1. The van der Waals surface area contributed by atoms with Crippen LogP contribution in [0, 0.1) is 12.8 Å². The quantitative estimate of drug-likeness (QED) is 0.884. The summed E-state index contributed by atoms with van der Waals surface area (Å²) in [6.07, 6.45) is 1.36. The van der Waals surface area contributed by atoms with Gasteiger partial charge in [-0.3, -0.25) is 0 Å². The highest BCUT2D eigenvalue weighted by molar-refractivity contribution is 7.99. The highest BCUT2D eigenvalue weighted by Gasteiger charge is 2.14. The van der Waals surface area contributed by atoms with E-state index in [-0.39, 0.29) is 0 Å². The van der Waals surface area contributed by atoms with E-state index in [1.807, 2.05) is 6.07 Å². The van der Waals surface area contributed by atoms with Crippen molar-refractivity contribution in [3.05, 3.63) is 34.3 Å². The lowest BCUT2D eigenvalue weighted by molar-refractivity contribution is 0.523. The zero-order valence-corrected chi connectivity index (χ0v) is 11.2. The molecule has 88 valence electrons. The van der Waals surface area contributed by atoms with Gasteiger partial charge in [-0.1, -0.05) is 23.7 Å². The van der Waals surface area contributed by atoms with Crippen LogP contribution in [0.15, 0.2) is 18.2 Å². The summed E-state index contributed by atoms with van der Waals surface area (Å²) in [6, 6.07) is 6.27. The SMILES string of the molecule is Cc1ccc(CNCC2CCSC2)c(Cl)c1. The predicted octanol–water partition coefficient (Wildman–Crippen LogP) is 3.49. The first kappa shape index (κ1) is 12.3. The van der Waals surface area contributed by atoms with Crippen molar-refractivity contribution >= 4 is 23.4 Å². The second kappa shape index (κ2) is 5.95. The van der Waals surface area contributed by atoms with Crippen LogP contribution in [-0.4, -0.2) is 18.1 Å². The zero-order valence-electron chi connectivity index (χ0n) is 9.63. The Labute approximate surface area is 107 Å². The summed E-state index contributed by atoms with van der Waals surface area (Å²) in [5.41, 5.74) is 2.43. The van der Waals surface area contributed by atoms with Crippen LogP contribution in [-0.2, 0) is 6.54 Å². The maximum atomic E-state index is 6.18. The van der Waals surface area contributed by atoms with E-state index in [2.05, 4.69) is 36.1 Å². The highest BCUT2D eigenvalue weighted by Crippen LogP contribution is 2.23. The number of rotatable bonds is 4. The Morgan fingerprint density at radius 2 is 2.38 bits per heavy atom. The molecule has 0 radical (unpaired) electrons. The van der Waals surface area contributed by atoms with E-state index in [4.69, 9.17) is 11.6 Å². The summed E-state index contributed by atoms with van der Waals surface area (Å²) in [5.74, 6) is 3.50. The fraction of sp³-hybridized carbons (Fsp3) is 0.538. The van der Waals surface area contributed by atoms with Gasteiger partial charge in [0.1, 0.15) is 0 Å². The largest absolute Gasteiger partial charge is 0.312 e. The Balaban J connectivity index is 1.80. The average Bonchev–Trinajstić information content (AvgIpc) is 2.74. The van der Waals surface area contributed by atoms with Gasteiger partial charge in [0.05, 0.1) is 0 Å². The van der Waals surface area contributed by atoms with Crippen LogP contribution in [0.2, 0.25) is 5.02 Å². The molecule has 16 heavy (non-hydrogen) atoms. The van der Waals surface area contributed by atoms with Crippen molar-refractivity contribution in [2.75, 3.05) is 18.1 Å². The lowest BCUT2D eigenvalue weighted by atomic mass is 10.1. The van der Waals surface area contributed by atoms with Gasteiger partial charge in [-0.05, 0) is 54.5 Å². The third kappa shape index (κ3) is 3.41. The second-order valence-electron chi connectivity index (χ2n) is 4.46. The van der Waals surface area contributed by atoms with Crippen molar-refractivity contribution in [3.8, 4) is 0 Å². The number of hydrogen-bond acceptors (Lipinski definition) is 2. The topological polar surface area (TPSA) is 12.0 Å². The van der Waals surface area contributed by atoms with Gasteiger partial charge in [0, 0.05) is 11.6 Å². The Hall–Kier alpha value is -0.180. The molecular weight excluding hydrogens is 238 g/mol. The van der Waals surface area contributed by atoms with Gasteiger partial charge in [-0.25, -0.2) is 0 Å². The van der Waals surface area contributed by atoms with E-state index in [9.17, 15) is 0 Å². The third-order valence-electron chi connectivity index (χ3n) is 2.98. The van der Waals surface area contributed by atoms with Crippen LogP contribution < -0.4 is 5.32 Å². The van der Waals surface area contributed by atoms with E-state index in [1.54, 1.807) is 0 Å². The van der Waals surface area contributed by atoms with Gasteiger partial charge in [0.2, 0.25) is 0 Å². The molecule has 1 N–H and O–H groups in total. The molecule has 3 heteroatoms. The van der Waals surface area contributed by atoms with Gasteiger partial charge in [0.25, 0.3) is 0 Å². The number of thioether (sulfide) groups is 1. The normalized spacial score (nSPS) is 20.2. The van der Waals surface area contributed by atoms with Crippen LogP contribution in [0.4, 0.5) is 0 Å². The Morgan fingerprint density at radius 1 is 1.50 bits per heavy atom. The fourth-order valence-corrected chi connectivity index (χ4v) is 3.54. The molecule has 0 saturated carbocycles. The molecule has 1 atom stereocenters. The van der Waals surface area contributed by atoms with E-state index >= 15 is 0 Å². The molecule has 1 aromatic rings. The van der Waals surface area contributed by atoms with E-state index in [0.29, 0.717) is 0 Å². The molecule has 1 nitrogen and oxygen atoms in total. The first-order valence-electron chi connectivity index (χ1n) is 5.79. The van der Waals surface area contributed by atoms with E-state index in [0.717, 1.165) is 24.0 Å². The molecule has 2 rings (SSSR count). The minimum atomic E-state index is 0.856. The van der Waals surface area contributed by atoms with E-state index in [1.165, 1.54) is 29.1 Å². The molecule has 1 unspecified atom stereocenters. The van der Waals surface area contributed by atoms with Crippen LogP contribution in [0.1, 0.15) is 17.5 Å². The van der Waals surface area contributed by atoms with Crippen molar-refractivity contribution in [2.24, 2.45) is 5.92 Å². The van der Waals surface area contributed by atoms with Gasteiger partial charge in [-0.2, -0.15) is 11.8 Å². The average molecular weight is 256 g/mol. The lowest BCUT2D eigenvalue weighted by Crippen LogP contribution is -2.22. The van der Waals surface area contributed by atoms with Crippen LogP contribution in [0.5, 0.6) is 0 Å². The molecule has 1 saturated heterocycles. The Bertz CT molecular complexity index is 348. The Kier molecular flexibility index (Phi) is 4.56. The standard InChI is InChI=1S/C13H18ClNS/c1-10-2-3-12(13(14)6-10)8-15-7-11-4-5-16-9-11/h2-3,6,11,15H,4-5,7-9H2,1H3. The highest BCUT2D eigenvalue weighted by atomic mass is 35.5. The van der Waals surface area contributed by atoms with Crippen molar-refractivity contribution in [3.63, 3.8) is 0 Å². The predicted molar refractivity (Wildman–Crippen MR) is 73.3 cm³/mol. The van der Waals surface area contributed by atoms with Gasteiger partial charge < -0.3 is 5.32 Å². The molecule has 1 fully saturated rings. The van der Waals surface area contributed by atoms with Gasteiger partial charge >= 0.3 is 0 Å². The molecular formula is C13H18ClNS. The summed E-state index contributed by atoms with van der Waals surface area (Å²) >= 11 is 8.25. The molecule has 1 aliphatic rings. The van der Waals surface area contributed by atoms with Crippen molar-refractivity contribution in [1.82, 2.24) is 5.32 Å². The van der Waals surface area contributed by atoms with Crippen molar-refractivity contribution in [2.45, 2.75) is 19.9 Å². The number of aryl methyl sites for hydroxylation is 1. The molecule has 0 amide bonds. The number of nitrogens with one attached hydrogen (secondary N) is 1. The molecule has 1 aromatic carbocycles. The minimum Gasteiger partial charge on any atom is -0.312 e. The first-order valence-corrected chi connectivity index (χ1v) is 7.32. The monoisotopic (exact) mass is 255 g/mol. The van der Waals surface area contributed by atoms with Crippen molar-refractivity contribution < 1.29 is 0 Å². The van der Waals surface area contributed by atoms with Crippen LogP contribution in [0.3, 0.4) is 0 Å². The van der Waals surface area contributed by atoms with E-state index < -0.39 is 0 Å². The maximum absolute atomic E-state index is 6.18. The molecule has 0 spiro atoms. The second-order valence-corrected chi connectivity index (χ2v) is 6.01. The maximum Gasteiger partial charge on any atom is 0.0453 e. The molecule has 0 aliphatic carbocycles. The Morgan fingerprint density at radius 3 is 3.06 bits per heavy atom. The third-order valence-corrected chi connectivity index (χ3v) is 4.56. The summed E-state index contributed by atoms with van der Waals surface area (Å²) in [7, 11) is 0. The summed E-state index contributed by atoms with van der Waals surface area (Å²) in [6.45, 7) is 4.08. The molecule has 0 aromatic heterocycles. The molecule has 1 aliphatic heterocycles.